The zero-order valence-electron chi connectivity index (χ0n) is 16.8. The Bertz CT molecular complexity index is 851. The van der Waals surface area contributed by atoms with Crippen LogP contribution in [-0.2, 0) is 9.22 Å². The zero-order chi connectivity index (χ0) is 21.0. The summed E-state index contributed by atoms with van der Waals surface area (Å²) in [6.07, 6.45) is -0.273. The van der Waals surface area contributed by atoms with Crippen LogP contribution in [-0.4, -0.2) is 36.0 Å². The molecule has 8 heteroatoms. The lowest BCUT2D eigenvalue weighted by atomic mass is 10.0. The maximum absolute atomic E-state index is 11.5. The molecule has 0 amide bonds. The summed E-state index contributed by atoms with van der Waals surface area (Å²) < 4.78 is 6.46. The molecule has 7 nitrogen and oxygen atoms in total. The summed E-state index contributed by atoms with van der Waals surface area (Å²) in [5.41, 5.74) is 7.04. The van der Waals surface area contributed by atoms with Crippen molar-refractivity contribution in [1.29, 1.82) is 0 Å². The molecule has 1 atom stereocenters. The number of carboxylic acids is 1. The number of aliphatic carboxylic acids is 1. The van der Waals surface area contributed by atoms with Crippen LogP contribution in [0.3, 0.4) is 0 Å². The Kier molecular flexibility index (Phi) is 7.36. The summed E-state index contributed by atoms with van der Waals surface area (Å²) in [5.74, 6) is -0.787. The minimum atomic E-state index is -2.00. The van der Waals surface area contributed by atoms with E-state index in [2.05, 4.69) is 38.8 Å². The second-order valence-corrected chi connectivity index (χ2v) is 12.7. The number of benzene rings is 1. The highest BCUT2D eigenvalue weighted by Crippen LogP contribution is 2.40. The molecule has 2 aromatic rings. The topological polar surface area (TPSA) is 126 Å². The zero-order valence-corrected chi connectivity index (χ0v) is 17.8. The summed E-state index contributed by atoms with van der Waals surface area (Å²) in [5, 5.41) is 18.3. The monoisotopic (exact) mass is 394 g/mol. The van der Waals surface area contributed by atoms with Gasteiger partial charge in [-0.25, -0.2) is 0 Å². The first-order chi connectivity index (χ1) is 12.3. The standard InChI is InChI=1S/C17H26N2O3Si.C2H4O2/c1-17(2,3)23(4,5)22-14(10-18)11-6-8-13(20)16-12(11)7-9-15(21)19-16;1-2(3)4/h6-9,14,20H,10,18H2,1-5H3,(H,19,21);1H3,(H,3,4)/t14-;/m0./s1. The van der Waals surface area contributed by atoms with Crippen LogP contribution >= 0.6 is 0 Å². The van der Waals surface area contributed by atoms with Gasteiger partial charge in [-0.2, -0.15) is 0 Å². The number of phenolic OH excluding ortho intramolecular Hbond substituents is 1. The molecule has 1 aromatic heterocycles. The molecule has 0 saturated heterocycles. The van der Waals surface area contributed by atoms with Crippen LogP contribution in [0, 0.1) is 0 Å². The fraction of sp³-hybridized carbons (Fsp3) is 0.474. The molecule has 0 radical (unpaired) electrons. The Morgan fingerprint density at radius 3 is 2.30 bits per heavy atom. The normalized spacial score (nSPS) is 13.0. The number of nitrogens with two attached hydrogens (primary N) is 1. The van der Waals surface area contributed by atoms with Crippen molar-refractivity contribution in [3.8, 4) is 5.75 Å². The number of pyridine rings is 1. The number of aromatic nitrogens is 1. The number of fused-ring (bicyclic) bond motifs is 1. The molecule has 27 heavy (non-hydrogen) atoms. The SMILES string of the molecule is CC(=O)O.CC(C)(C)[Si](C)(C)O[C@@H](CN)c1ccc(O)c2[nH]c(=O)ccc12. The third-order valence-electron chi connectivity index (χ3n) is 4.71. The first-order valence-electron chi connectivity index (χ1n) is 8.72. The number of H-pyrrole nitrogens is 1. The van der Waals surface area contributed by atoms with Gasteiger partial charge in [-0.3, -0.25) is 9.59 Å². The van der Waals surface area contributed by atoms with E-state index in [0.717, 1.165) is 17.9 Å². The number of aromatic hydroxyl groups is 1. The third-order valence-corrected chi connectivity index (χ3v) is 9.20. The van der Waals surface area contributed by atoms with Gasteiger partial charge in [0.2, 0.25) is 5.56 Å². The molecule has 0 aliphatic carbocycles. The van der Waals surface area contributed by atoms with E-state index in [1.165, 1.54) is 6.07 Å². The van der Waals surface area contributed by atoms with Crippen LogP contribution in [0.2, 0.25) is 18.1 Å². The summed E-state index contributed by atoms with van der Waals surface area (Å²) in [6.45, 7) is 12.3. The third kappa shape index (κ3) is 5.91. The lowest BCUT2D eigenvalue weighted by Crippen LogP contribution is -2.43. The summed E-state index contributed by atoms with van der Waals surface area (Å²) in [7, 11) is -2.00. The first-order valence-corrected chi connectivity index (χ1v) is 11.6. The van der Waals surface area contributed by atoms with E-state index < -0.39 is 14.3 Å². The van der Waals surface area contributed by atoms with Crippen molar-refractivity contribution in [2.45, 2.75) is 51.9 Å². The minimum Gasteiger partial charge on any atom is -0.506 e. The van der Waals surface area contributed by atoms with E-state index in [9.17, 15) is 9.90 Å². The van der Waals surface area contributed by atoms with E-state index >= 15 is 0 Å². The maximum Gasteiger partial charge on any atom is 0.300 e. The van der Waals surface area contributed by atoms with Crippen LogP contribution in [0.1, 0.15) is 39.4 Å². The van der Waals surface area contributed by atoms with Crippen LogP contribution < -0.4 is 11.3 Å². The van der Waals surface area contributed by atoms with Crippen LogP contribution in [0.25, 0.3) is 10.9 Å². The van der Waals surface area contributed by atoms with Crippen molar-refractivity contribution < 1.29 is 19.4 Å². The van der Waals surface area contributed by atoms with Crippen molar-refractivity contribution in [2.24, 2.45) is 5.73 Å². The predicted molar refractivity (Wildman–Crippen MR) is 110 cm³/mol. The predicted octanol–water partition coefficient (Wildman–Crippen LogP) is 3.35. The molecular weight excluding hydrogens is 364 g/mol. The highest BCUT2D eigenvalue weighted by Gasteiger charge is 2.39. The molecule has 0 bridgehead atoms. The number of carboxylic acid groups (broad SMARTS) is 1. The van der Waals surface area contributed by atoms with E-state index in [1.54, 1.807) is 12.1 Å². The second-order valence-electron chi connectivity index (χ2n) is 7.91. The Morgan fingerprint density at radius 2 is 1.81 bits per heavy atom. The number of hydrogen-bond donors (Lipinski definition) is 4. The van der Waals surface area contributed by atoms with Crippen molar-refractivity contribution in [3.05, 3.63) is 40.2 Å². The Balaban J connectivity index is 0.000000828. The molecule has 0 unspecified atom stereocenters. The largest absolute Gasteiger partial charge is 0.506 e. The average molecular weight is 395 g/mol. The van der Waals surface area contributed by atoms with E-state index in [-0.39, 0.29) is 22.5 Å². The summed E-state index contributed by atoms with van der Waals surface area (Å²) in [6, 6.07) is 6.55. The van der Waals surface area contributed by atoms with Crippen molar-refractivity contribution in [3.63, 3.8) is 0 Å². The molecular formula is C19H30N2O5Si. The van der Waals surface area contributed by atoms with Gasteiger partial charge < -0.3 is 25.4 Å². The highest BCUT2D eigenvalue weighted by molar-refractivity contribution is 6.74. The highest BCUT2D eigenvalue weighted by atomic mass is 28.4. The average Bonchev–Trinajstić information content (AvgIpc) is 2.52. The van der Waals surface area contributed by atoms with Crippen LogP contribution in [0.4, 0.5) is 0 Å². The Morgan fingerprint density at radius 1 is 1.26 bits per heavy atom. The lowest BCUT2D eigenvalue weighted by Gasteiger charge is -2.39. The molecule has 5 N–H and O–H groups in total. The number of aromatic amines is 1. The van der Waals surface area contributed by atoms with E-state index in [0.29, 0.717) is 12.1 Å². The van der Waals surface area contributed by atoms with Gasteiger partial charge in [0.15, 0.2) is 8.32 Å². The number of phenols is 1. The number of carbonyl (C=O) groups is 1. The molecule has 0 aliphatic rings. The van der Waals surface area contributed by atoms with Gasteiger partial charge in [-0.15, -0.1) is 0 Å². The fourth-order valence-corrected chi connectivity index (χ4v) is 3.60. The van der Waals surface area contributed by atoms with E-state index in [4.69, 9.17) is 20.1 Å². The van der Waals surface area contributed by atoms with Gasteiger partial charge in [0.1, 0.15) is 5.75 Å². The second kappa shape index (κ2) is 8.68. The number of nitrogens with one attached hydrogen (secondary N) is 1. The van der Waals surface area contributed by atoms with Crippen LogP contribution in [0.5, 0.6) is 5.75 Å². The first kappa shape index (κ1) is 22.9. The molecule has 1 aromatic carbocycles. The smallest absolute Gasteiger partial charge is 0.300 e. The van der Waals surface area contributed by atoms with Crippen molar-refractivity contribution in [2.75, 3.05) is 6.54 Å². The summed E-state index contributed by atoms with van der Waals surface area (Å²) >= 11 is 0. The summed E-state index contributed by atoms with van der Waals surface area (Å²) in [4.78, 5) is 23.2. The van der Waals surface area contributed by atoms with Gasteiger partial charge in [-0.1, -0.05) is 26.8 Å². The Hall–Kier alpha value is -2.16. The lowest BCUT2D eigenvalue weighted by molar-refractivity contribution is -0.134. The van der Waals surface area contributed by atoms with Gasteiger partial charge in [0.25, 0.3) is 5.97 Å². The molecule has 0 saturated carbocycles. The minimum absolute atomic E-state index is 0.0459. The quantitative estimate of drug-likeness (QED) is 0.589. The van der Waals surface area contributed by atoms with E-state index in [1.807, 2.05) is 6.07 Å². The molecule has 0 spiro atoms. The van der Waals surface area contributed by atoms with Crippen molar-refractivity contribution in [1.82, 2.24) is 4.98 Å². The van der Waals surface area contributed by atoms with Gasteiger partial charge >= 0.3 is 0 Å². The maximum atomic E-state index is 11.5. The molecule has 0 fully saturated rings. The molecule has 1 heterocycles. The van der Waals surface area contributed by atoms with Gasteiger partial charge in [-0.05, 0) is 35.8 Å². The van der Waals surface area contributed by atoms with Gasteiger partial charge in [0, 0.05) is 24.9 Å². The Labute approximate surface area is 160 Å². The molecule has 2 rings (SSSR count). The van der Waals surface area contributed by atoms with Crippen molar-refractivity contribution >= 4 is 25.2 Å². The number of rotatable bonds is 4. The molecule has 150 valence electrons. The number of hydrogen-bond acceptors (Lipinski definition) is 5. The van der Waals surface area contributed by atoms with Crippen LogP contribution in [0.15, 0.2) is 29.1 Å². The molecule has 0 aliphatic heterocycles. The van der Waals surface area contributed by atoms with Gasteiger partial charge in [0.05, 0.1) is 11.6 Å². The fourth-order valence-electron chi connectivity index (χ4n) is 2.31.